The van der Waals surface area contributed by atoms with Crippen LogP contribution in [0.5, 0.6) is 0 Å². The second-order valence-electron chi connectivity index (χ2n) is 8.19. The first-order valence-corrected chi connectivity index (χ1v) is 10.6. The van der Waals surface area contributed by atoms with E-state index >= 15 is 0 Å². The highest BCUT2D eigenvalue weighted by atomic mass is 16.2. The molecule has 4 nitrogen and oxygen atoms in total. The molecule has 0 saturated heterocycles. The van der Waals surface area contributed by atoms with Crippen molar-refractivity contribution >= 4 is 28.1 Å². The summed E-state index contributed by atoms with van der Waals surface area (Å²) < 4.78 is 0. The first kappa shape index (κ1) is 18.2. The molecule has 29 heavy (non-hydrogen) atoms. The molecule has 0 radical (unpaired) electrons. The highest BCUT2D eigenvalue weighted by molar-refractivity contribution is 5.93. The van der Waals surface area contributed by atoms with Crippen LogP contribution in [0.4, 0.5) is 5.69 Å². The molecule has 0 unspecified atom stereocenters. The Morgan fingerprint density at radius 1 is 1.07 bits per heavy atom. The normalized spacial score (nSPS) is 16.9. The molecule has 0 saturated carbocycles. The molecule has 0 bridgehead atoms. The van der Waals surface area contributed by atoms with E-state index in [1.807, 2.05) is 11.1 Å². The fourth-order valence-electron chi connectivity index (χ4n) is 4.65. The Morgan fingerprint density at radius 3 is 2.83 bits per heavy atom. The van der Waals surface area contributed by atoms with Gasteiger partial charge in [-0.05, 0) is 71.2 Å². The smallest absolute Gasteiger partial charge is 0.223 e. The lowest BCUT2D eigenvalue weighted by molar-refractivity contribution is -0.116. The first-order valence-electron chi connectivity index (χ1n) is 10.6. The summed E-state index contributed by atoms with van der Waals surface area (Å²) in [5.41, 5.74) is 7.82. The van der Waals surface area contributed by atoms with Crippen molar-refractivity contribution in [1.82, 2.24) is 9.88 Å². The van der Waals surface area contributed by atoms with E-state index < -0.39 is 0 Å². The monoisotopic (exact) mass is 385 g/mol. The number of carbonyl (C=O) groups is 1. The summed E-state index contributed by atoms with van der Waals surface area (Å²) in [4.78, 5) is 19.4. The number of anilines is 1. The third-order valence-electron chi connectivity index (χ3n) is 6.35. The maximum Gasteiger partial charge on any atom is 0.223 e. The summed E-state index contributed by atoms with van der Waals surface area (Å²) in [5, 5.41) is 1.28. The first-order chi connectivity index (χ1) is 14.2. The van der Waals surface area contributed by atoms with Crippen molar-refractivity contribution in [2.24, 2.45) is 0 Å². The van der Waals surface area contributed by atoms with Crippen molar-refractivity contribution in [2.75, 3.05) is 31.1 Å². The van der Waals surface area contributed by atoms with Gasteiger partial charge in [0, 0.05) is 50.5 Å². The molecule has 4 heteroatoms. The summed E-state index contributed by atoms with van der Waals surface area (Å²) in [6, 6.07) is 15.5. The van der Waals surface area contributed by atoms with Gasteiger partial charge in [0.05, 0.1) is 0 Å². The van der Waals surface area contributed by atoms with Crippen LogP contribution in [0.1, 0.15) is 30.0 Å². The minimum absolute atomic E-state index is 0.142. The molecular formula is C25H27N3O. The van der Waals surface area contributed by atoms with Crippen molar-refractivity contribution in [3.8, 4) is 0 Å². The number of aromatic amines is 1. The molecule has 2 aliphatic heterocycles. The van der Waals surface area contributed by atoms with Crippen molar-refractivity contribution in [3.63, 3.8) is 0 Å². The fourth-order valence-corrected chi connectivity index (χ4v) is 4.65. The van der Waals surface area contributed by atoms with Gasteiger partial charge in [0.1, 0.15) is 0 Å². The average Bonchev–Trinajstić information content (AvgIpc) is 3.38. The van der Waals surface area contributed by atoms with Crippen LogP contribution in [-0.2, 0) is 17.6 Å². The van der Waals surface area contributed by atoms with Crippen LogP contribution < -0.4 is 4.90 Å². The minimum Gasteiger partial charge on any atom is -0.361 e. The molecule has 0 aliphatic carbocycles. The lowest BCUT2D eigenvalue weighted by Crippen LogP contribution is -2.30. The molecular weight excluding hydrogens is 358 g/mol. The maximum absolute atomic E-state index is 11.7. The Balaban J connectivity index is 1.20. The number of amides is 1. The van der Waals surface area contributed by atoms with E-state index in [0.29, 0.717) is 0 Å². The number of hydrogen-bond acceptors (Lipinski definition) is 2. The van der Waals surface area contributed by atoms with Gasteiger partial charge in [0.2, 0.25) is 5.91 Å². The quantitative estimate of drug-likeness (QED) is 0.723. The lowest BCUT2D eigenvalue weighted by Gasteiger charge is -2.26. The predicted molar refractivity (Wildman–Crippen MR) is 119 cm³/mol. The van der Waals surface area contributed by atoms with Gasteiger partial charge in [-0.1, -0.05) is 24.3 Å². The molecule has 0 fully saturated rings. The van der Waals surface area contributed by atoms with Gasteiger partial charge in [-0.3, -0.25) is 9.69 Å². The zero-order chi connectivity index (χ0) is 19.8. The van der Waals surface area contributed by atoms with Crippen molar-refractivity contribution in [2.45, 2.75) is 26.2 Å². The van der Waals surface area contributed by atoms with Crippen LogP contribution in [0.3, 0.4) is 0 Å². The summed E-state index contributed by atoms with van der Waals surface area (Å²) in [6.07, 6.45) is 7.54. The molecule has 3 heterocycles. The zero-order valence-electron chi connectivity index (χ0n) is 16.9. The molecule has 5 rings (SSSR count). The average molecular weight is 386 g/mol. The Bertz CT molecular complexity index is 1090. The van der Waals surface area contributed by atoms with Gasteiger partial charge in [-0.2, -0.15) is 0 Å². The molecule has 0 spiro atoms. The Morgan fingerprint density at radius 2 is 2.00 bits per heavy atom. The van der Waals surface area contributed by atoms with Crippen LogP contribution in [0.25, 0.3) is 16.5 Å². The number of carbonyl (C=O) groups excluding carboxylic acids is 1. The van der Waals surface area contributed by atoms with Gasteiger partial charge in [-0.25, -0.2) is 0 Å². The number of aromatic nitrogens is 1. The van der Waals surface area contributed by atoms with Gasteiger partial charge >= 0.3 is 0 Å². The van der Waals surface area contributed by atoms with Crippen molar-refractivity contribution in [1.29, 1.82) is 0 Å². The van der Waals surface area contributed by atoms with Gasteiger partial charge in [0.25, 0.3) is 0 Å². The molecule has 2 aromatic carbocycles. The molecule has 3 aromatic rings. The van der Waals surface area contributed by atoms with E-state index in [0.717, 1.165) is 51.1 Å². The van der Waals surface area contributed by atoms with E-state index in [-0.39, 0.29) is 5.91 Å². The van der Waals surface area contributed by atoms with E-state index in [2.05, 4.69) is 58.4 Å². The second-order valence-corrected chi connectivity index (χ2v) is 8.19. The van der Waals surface area contributed by atoms with Crippen LogP contribution in [0.2, 0.25) is 0 Å². The van der Waals surface area contributed by atoms with Gasteiger partial charge in [-0.15, -0.1) is 0 Å². The number of H-pyrrole nitrogens is 1. The summed E-state index contributed by atoms with van der Waals surface area (Å²) in [7, 11) is 0. The zero-order valence-corrected chi connectivity index (χ0v) is 16.9. The summed E-state index contributed by atoms with van der Waals surface area (Å²) >= 11 is 0. The lowest BCUT2D eigenvalue weighted by atomic mass is 9.98. The summed E-state index contributed by atoms with van der Waals surface area (Å²) in [6.45, 7) is 5.68. The van der Waals surface area contributed by atoms with Crippen LogP contribution >= 0.6 is 0 Å². The Labute approximate surface area is 171 Å². The third-order valence-corrected chi connectivity index (χ3v) is 6.35. The molecule has 1 aromatic heterocycles. The minimum atomic E-state index is 0.142. The number of rotatable bonds is 4. The SMILES string of the molecule is CC(=O)N1CCc2cc(CCN3CC=C(c4ccc5[nH]ccc5c4)CC3)ccc21. The van der Waals surface area contributed by atoms with E-state index in [1.165, 1.54) is 33.2 Å². The van der Waals surface area contributed by atoms with Gasteiger partial charge < -0.3 is 9.88 Å². The predicted octanol–water partition coefficient (Wildman–Crippen LogP) is 4.41. The van der Waals surface area contributed by atoms with Crippen LogP contribution in [-0.4, -0.2) is 42.0 Å². The number of benzene rings is 2. The number of nitrogens with one attached hydrogen (secondary N) is 1. The molecule has 1 N–H and O–H groups in total. The molecule has 148 valence electrons. The highest BCUT2D eigenvalue weighted by Crippen LogP contribution is 2.29. The number of fused-ring (bicyclic) bond motifs is 2. The van der Waals surface area contributed by atoms with Crippen LogP contribution in [0, 0.1) is 0 Å². The highest BCUT2D eigenvalue weighted by Gasteiger charge is 2.22. The number of nitrogens with zero attached hydrogens (tertiary/aromatic N) is 2. The molecule has 2 aliphatic rings. The van der Waals surface area contributed by atoms with Gasteiger partial charge in [0.15, 0.2) is 0 Å². The second kappa shape index (κ2) is 7.53. The standard InChI is InChI=1S/C25H27N3O/c1-18(29)28-15-10-23-16-19(2-5-25(23)28)7-12-27-13-8-20(9-14-27)21-3-4-24-22(17-21)6-11-26-24/h2-6,8,11,16-17,26H,7,9-10,12-15H2,1H3. The van der Waals surface area contributed by atoms with E-state index in [9.17, 15) is 4.79 Å². The number of hydrogen-bond donors (Lipinski definition) is 1. The largest absolute Gasteiger partial charge is 0.361 e. The summed E-state index contributed by atoms with van der Waals surface area (Å²) in [5.74, 6) is 0.142. The molecule has 0 atom stereocenters. The fraction of sp³-hybridized carbons (Fsp3) is 0.320. The van der Waals surface area contributed by atoms with E-state index in [4.69, 9.17) is 0 Å². The third kappa shape index (κ3) is 3.60. The topological polar surface area (TPSA) is 39.3 Å². The van der Waals surface area contributed by atoms with Crippen molar-refractivity contribution < 1.29 is 4.79 Å². The Hall–Kier alpha value is -2.85. The maximum atomic E-state index is 11.7. The van der Waals surface area contributed by atoms with Crippen LogP contribution in [0.15, 0.2) is 54.7 Å². The van der Waals surface area contributed by atoms with E-state index in [1.54, 1.807) is 6.92 Å². The van der Waals surface area contributed by atoms with Crippen molar-refractivity contribution in [3.05, 3.63) is 71.4 Å². The Kier molecular flexibility index (Phi) is 4.72. The molecule has 1 amide bonds.